The van der Waals surface area contributed by atoms with Crippen molar-refractivity contribution < 1.29 is 9.94 Å². The molecule has 4 nitrogen and oxygen atoms in total. The van der Waals surface area contributed by atoms with Crippen LogP contribution in [0, 0.1) is 0 Å². The smallest absolute Gasteiger partial charge is 0.271 e. The Bertz CT molecular complexity index is 1260. The van der Waals surface area contributed by atoms with Gasteiger partial charge >= 0.3 is 0 Å². The number of anilines is 1. The van der Waals surface area contributed by atoms with Gasteiger partial charge in [0.25, 0.3) is 5.72 Å². The summed E-state index contributed by atoms with van der Waals surface area (Å²) in [4.78, 5) is 8.15. The van der Waals surface area contributed by atoms with Gasteiger partial charge in [0, 0.05) is 26.9 Å². The molecule has 2 atom stereocenters. The summed E-state index contributed by atoms with van der Waals surface area (Å²) in [6.07, 6.45) is -1.06. The lowest BCUT2D eigenvalue weighted by atomic mass is 9.89. The molecular weight excluding hydrogens is 455 g/mol. The quantitative estimate of drug-likeness (QED) is 0.346. The number of aliphatic hydroxyl groups excluding tert-OH is 1. The molecule has 0 spiro atoms. The highest BCUT2D eigenvalue weighted by atomic mass is 35.5. The zero-order valence-electron chi connectivity index (χ0n) is 17.5. The largest absolute Gasteiger partial charge is 0.382 e. The number of oxime groups is 1. The molecular formula is C27H20Cl2N2O2. The Morgan fingerprint density at radius 2 is 1.27 bits per heavy atom. The molecule has 2 unspecified atom stereocenters. The Kier molecular flexibility index (Phi) is 5.81. The summed E-state index contributed by atoms with van der Waals surface area (Å²) in [5.74, 6) is 0.549. The Hall–Kier alpha value is -3.31. The molecule has 4 aromatic rings. The van der Waals surface area contributed by atoms with E-state index < -0.39 is 11.8 Å². The molecule has 0 aromatic heterocycles. The summed E-state index contributed by atoms with van der Waals surface area (Å²) in [6.45, 7) is 0. The summed E-state index contributed by atoms with van der Waals surface area (Å²) in [5.41, 5.74) is 1.67. The van der Waals surface area contributed by atoms with Crippen molar-refractivity contribution in [1.82, 2.24) is 0 Å². The Morgan fingerprint density at radius 1 is 0.727 bits per heavy atom. The van der Waals surface area contributed by atoms with Gasteiger partial charge in [0.1, 0.15) is 6.10 Å². The van der Waals surface area contributed by atoms with Crippen molar-refractivity contribution in [3.05, 3.63) is 136 Å². The fraction of sp³-hybridized carbons (Fsp3) is 0.0741. The zero-order chi connectivity index (χ0) is 22.8. The second-order valence-corrected chi connectivity index (χ2v) is 8.57. The van der Waals surface area contributed by atoms with Gasteiger partial charge in [0.2, 0.25) is 0 Å². The molecule has 0 aliphatic carbocycles. The molecule has 1 heterocycles. The molecule has 1 N–H and O–H groups in total. The monoisotopic (exact) mass is 474 g/mol. The van der Waals surface area contributed by atoms with Crippen molar-refractivity contribution in [2.24, 2.45) is 5.16 Å². The number of hydrogen-bond acceptors (Lipinski definition) is 4. The maximum atomic E-state index is 11.8. The molecule has 5 rings (SSSR count). The number of nitrogens with zero attached hydrogens (tertiary/aromatic N) is 2. The number of benzene rings is 4. The van der Waals surface area contributed by atoms with Gasteiger partial charge in [0.15, 0.2) is 5.84 Å². The van der Waals surface area contributed by atoms with E-state index in [0.29, 0.717) is 21.4 Å². The highest BCUT2D eigenvalue weighted by Gasteiger charge is 2.55. The van der Waals surface area contributed by atoms with E-state index in [1.54, 1.807) is 24.3 Å². The van der Waals surface area contributed by atoms with Gasteiger partial charge in [-0.15, -0.1) is 0 Å². The summed E-state index contributed by atoms with van der Waals surface area (Å²) in [6, 6.07) is 33.8. The molecule has 0 fully saturated rings. The predicted molar refractivity (Wildman–Crippen MR) is 133 cm³/mol. The number of aliphatic hydroxyl groups is 1. The van der Waals surface area contributed by atoms with Crippen LogP contribution < -0.4 is 4.90 Å². The fourth-order valence-corrected chi connectivity index (χ4v) is 4.34. The van der Waals surface area contributed by atoms with Crippen LogP contribution in [0.4, 0.5) is 5.69 Å². The second-order valence-electron chi connectivity index (χ2n) is 7.70. The van der Waals surface area contributed by atoms with Crippen LogP contribution in [-0.4, -0.2) is 10.9 Å². The van der Waals surface area contributed by atoms with Gasteiger partial charge in [-0.1, -0.05) is 89.0 Å². The van der Waals surface area contributed by atoms with E-state index in [0.717, 1.165) is 16.8 Å². The first kappa shape index (κ1) is 21.5. The summed E-state index contributed by atoms with van der Waals surface area (Å²) >= 11 is 12.3. The van der Waals surface area contributed by atoms with Crippen molar-refractivity contribution >= 4 is 34.7 Å². The van der Waals surface area contributed by atoms with Crippen molar-refractivity contribution in [2.45, 2.75) is 11.8 Å². The van der Waals surface area contributed by atoms with E-state index >= 15 is 0 Å². The third kappa shape index (κ3) is 3.87. The molecule has 1 aliphatic heterocycles. The van der Waals surface area contributed by atoms with Crippen molar-refractivity contribution in [2.75, 3.05) is 4.90 Å². The molecule has 1 aliphatic rings. The van der Waals surface area contributed by atoms with Crippen LogP contribution in [0.25, 0.3) is 0 Å². The van der Waals surface area contributed by atoms with Gasteiger partial charge < -0.3 is 9.94 Å². The first-order chi connectivity index (χ1) is 16.1. The predicted octanol–water partition coefficient (Wildman–Crippen LogP) is 6.78. The van der Waals surface area contributed by atoms with E-state index in [4.69, 9.17) is 28.0 Å². The van der Waals surface area contributed by atoms with Crippen molar-refractivity contribution in [1.29, 1.82) is 0 Å². The average molecular weight is 475 g/mol. The van der Waals surface area contributed by atoms with E-state index in [-0.39, 0.29) is 0 Å². The van der Waals surface area contributed by atoms with Crippen molar-refractivity contribution in [3.63, 3.8) is 0 Å². The number of halogens is 2. The highest BCUT2D eigenvalue weighted by Crippen LogP contribution is 2.48. The van der Waals surface area contributed by atoms with Crippen LogP contribution in [0.3, 0.4) is 0 Å². The molecule has 0 radical (unpaired) electrons. The minimum absolute atomic E-state index is 0.549. The maximum absolute atomic E-state index is 11.8. The molecule has 33 heavy (non-hydrogen) atoms. The van der Waals surface area contributed by atoms with Crippen LogP contribution in [0.2, 0.25) is 10.0 Å². The molecule has 0 saturated heterocycles. The summed E-state index contributed by atoms with van der Waals surface area (Å²) in [5, 5.41) is 17.6. The number of hydrogen-bond donors (Lipinski definition) is 1. The molecule has 0 amide bonds. The van der Waals surface area contributed by atoms with Crippen LogP contribution in [0.15, 0.2) is 114 Å². The van der Waals surface area contributed by atoms with Gasteiger partial charge in [-0.3, -0.25) is 4.90 Å². The minimum atomic E-state index is -1.36. The van der Waals surface area contributed by atoms with Crippen LogP contribution >= 0.6 is 23.2 Å². The van der Waals surface area contributed by atoms with Gasteiger partial charge in [-0.25, -0.2) is 0 Å². The van der Waals surface area contributed by atoms with E-state index in [2.05, 4.69) is 5.16 Å². The maximum Gasteiger partial charge on any atom is 0.271 e. The SMILES string of the molecule is OC(c1ccccc1)C1(c2ccccc2)ON=C(c2ccc(Cl)cc2)N1c1ccc(Cl)cc1. The number of amidine groups is 1. The van der Waals surface area contributed by atoms with E-state index in [9.17, 15) is 5.11 Å². The van der Waals surface area contributed by atoms with Gasteiger partial charge in [-0.2, -0.15) is 0 Å². The molecule has 0 bridgehead atoms. The lowest BCUT2D eigenvalue weighted by Gasteiger charge is -2.41. The second kappa shape index (κ2) is 8.91. The third-order valence-corrected chi connectivity index (χ3v) is 6.18. The van der Waals surface area contributed by atoms with Gasteiger partial charge in [-0.05, 0) is 54.1 Å². The Balaban J connectivity index is 1.74. The molecule has 4 aromatic carbocycles. The standard InChI is InChI=1S/C27H20Cl2N2O2/c28-22-13-11-20(12-14-22)26-30-33-27(21-9-5-2-6-10-21,25(32)19-7-3-1-4-8-19)31(26)24-17-15-23(29)16-18-24/h1-18,25,32H. The third-order valence-electron chi connectivity index (χ3n) is 5.68. The Morgan fingerprint density at radius 3 is 1.88 bits per heavy atom. The van der Waals surface area contributed by atoms with Crippen LogP contribution in [0.1, 0.15) is 22.8 Å². The molecule has 164 valence electrons. The first-order valence-electron chi connectivity index (χ1n) is 10.5. The first-order valence-corrected chi connectivity index (χ1v) is 11.2. The average Bonchev–Trinajstić information content (AvgIpc) is 3.27. The van der Waals surface area contributed by atoms with E-state index in [1.807, 2.05) is 89.8 Å². The zero-order valence-corrected chi connectivity index (χ0v) is 19.0. The lowest BCUT2D eigenvalue weighted by molar-refractivity contribution is -0.112. The summed E-state index contributed by atoms with van der Waals surface area (Å²) < 4.78 is 0. The summed E-state index contributed by atoms with van der Waals surface area (Å²) in [7, 11) is 0. The lowest BCUT2D eigenvalue weighted by Crippen LogP contribution is -2.51. The molecule has 6 heteroatoms. The topological polar surface area (TPSA) is 45.1 Å². The van der Waals surface area contributed by atoms with Gasteiger partial charge in [0.05, 0.1) is 0 Å². The van der Waals surface area contributed by atoms with Crippen LogP contribution in [0.5, 0.6) is 0 Å². The fourth-order valence-electron chi connectivity index (χ4n) is 4.09. The normalized spacial score (nSPS) is 18.5. The minimum Gasteiger partial charge on any atom is -0.382 e. The number of rotatable bonds is 5. The molecule has 0 saturated carbocycles. The van der Waals surface area contributed by atoms with E-state index in [1.165, 1.54) is 0 Å². The van der Waals surface area contributed by atoms with Crippen molar-refractivity contribution in [3.8, 4) is 0 Å². The Labute approximate surface area is 202 Å². The van der Waals surface area contributed by atoms with Crippen LogP contribution in [-0.2, 0) is 10.6 Å². The highest BCUT2D eigenvalue weighted by molar-refractivity contribution is 6.31.